The van der Waals surface area contributed by atoms with Gasteiger partial charge in [-0.15, -0.1) is 0 Å². The highest BCUT2D eigenvalue weighted by Gasteiger charge is 2.08. The summed E-state index contributed by atoms with van der Waals surface area (Å²) in [6, 6.07) is 18.4. The van der Waals surface area contributed by atoms with Gasteiger partial charge in [0.2, 0.25) is 0 Å². The number of hydrogen-bond acceptors (Lipinski definition) is 4. The van der Waals surface area contributed by atoms with Crippen molar-refractivity contribution in [3.63, 3.8) is 0 Å². The number of carbonyl (C=O) groups excluding carboxylic acids is 1. The highest BCUT2D eigenvalue weighted by Crippen LogP contribution is 2.16. The minimum Gasteiger partial charge on any atom is -0.457 e. The number of nitrogen functional groups attached to an aromatic ring is 1. The molecule has 1 heterocycles. The highest BCUT2D eigenvalue weighted by atomic mass is 16.5. The van der Waals surface area contributed by atoms with Gasteiger partial charge >= 0.3 is 5.97 Å². The maximum Gasteiger partial charge on any atom is 0.338 e. The lowest BCUT2D eigenvalue weighted by Crippen LogP contribution is -2.05. The molecule has 1 aromatic heterocycles. The van der Waals surface area contributed by atoms with Gasteiger partial charge in [-0.25, -0.2) is 9.78 Å². The van der Waals surface area contributed by atoms with Gasteiger partial charge in [0.1, 0.15) is 12.4 Å². The van der Waals surface area contributed by atoms with Crippen molar-refractivity contribution in [3.05, 3.63) is 71.8 Å². The first-order valence-electron chi connectivity index (χ1n) is 6.60. The number of nitrogens with zero attached hydrogens (tertiary/aromatic N) is 1. The van der Waals surface area contributed by atoms with E-state index in [1.807, 2.05) is 36.4 Å². The molecule has 2 aromatic carbocycles. The van der Waals surface area contributed by atoms with Gasteiger partial charge in [-0.05, 0) is 35.9 Å². The van der Waals surface area contributed by atoms with Crippen molar-refractivity contribution >= 4 is 22.7 Å². The van der Waals surface area contributed by atoms with Crippen LogP contribution in [0.3, 0.4) is 0 Å². The Morgan fingerprint density at radius 3 is 2.71 bits per heavy atom. The summed E-state index contributed by atoms with van der Waals surface area (Å²) in [6.45, 7) is 0.262. The lowest BCUT2D eigenvalue weighted by molar-refractivity contribution is 0.0473. The summed E-state index contributed by atoms with van der Waals surface area (Å²) >= 11 is 0. The molecule has 0 fully saturated rings. The number of hydrogen-bond donors (Lipinski definition) is 1. The van der Waals surface area contributed by atoms with Gasteiger partial charge in [0.05, 0.1) is 11.1 Å². The highest BCUT2D eigenvalue weighted by molar-refractivity contribution is 5.94. The molecule has 0 amide bonds. The topological polar surface area (TPSA) is 65.2 Å². The molecule has 0 aliphatic carbocycles. The van der Waals surface area contributed by atoms with E-state index in [4.69, 9.17) is 10.5 Å². The maximum absolute atomic E-state index is 12.1. The second-order valence-electron chi connectivity index (χ2n) is 4.71. The van der Waals surface area contributed by atoms with Crippen LogP contribution in [0.5, 0.6) is 0 Å². The van der Waals surface area contributed by atoms with Crippen molar-refractivity contribution in [3.8, 4) is 0 Å². The fraction of sp³-hybridized carbons (Fsp3) is 0.0588. The SMILES string of the molecule is Nc1ccc2cc(C(=O)OCc3ccccc3)ccc2n1.[HH]. The first kappa shape index (κ1) is 13.1. The molecule has 106 valence electrons. The first-order valence-corrected chi connectivity index (χ1v) is 6.60. The van der Waals surface area contributed by atoms with E-state index in [1.54, 1.807) is 24.3 Å². The number of aromatic nitrogens is 1. The summed E-state index contributed by atoms with van der Waals surface area (Å²) < 4.78 is 5.30. The van der Waals surface area contributed by atoms with Crippen LogP contribution < -0.4 is 5.73 Å². The molecule has 0 saturated carbocycles. The summed E-state index contributed by atoms with van der Waals surface area (Å²) in [6.07, 6.45) is 0. The molecule has 0 saturated heterocycles. The van der Waals surface area contributed by atoms with Crippen LogP contribution in [0.1, 0.15) is 17.3 Å². The predicted molar refractivity (Wildman–Crippen MR) is 83.8 cm³/mol. The number of esters is 1. The second kappa shape index (κ2) is 5.63. The molecule has 0 unspecified atom stereocenters. The quantitative estimate of drug-likeness (QED) is 0.746. The predicted octanol–water partition coefficient (Wildman–Crippen LogP) is 3.42. The fourth-order valence-electron chi connectivity index (χ4n) is 2.07. The van der Waals surface area contributed by atoms with Crippen molar-refractivity contribution in [2.75, 3.05) is 5.73 Å². The molecule has 4 nitrogen and oxygen atoms in total. The minimum atomic E-state index is -0.349. The molecule has 0 aliphatic heterocycles. The summed E-state index contributed by atoms with van der Waals surface area (Å²) in [5.41, 5.74) is 7.85. The molecule has 0 aliphatic rings. The van der Waals surface area contributed by atoms with Gasteiger partial charge in [-0.3, -0.25) is 0 Å². The Bertz CT molecular complexity index is 791. The van der Waals surface area contributed by atoms with Gasteiger partial charge in [-0.1, -0.05) is 30.3 Å². The third-order valence-electron chi connectivity index (χ3n) is 3.16. The molecule has 0 atom stereocenters. The van der Waals surface area contributed by atoms with E-state index in [-0.39, 0.29) is 14.0 Å². The van der Waals surface area contributed by atoms with Crippen LogP contribution in [0.4, 0.5) is 5.82 Å². The van der Waals surface area contributed by atoms with Crippen LogP contribution in [-0.2, 0) is 11.3 Å². The number of rotatable bonds is 3. The molecule has 3 rings (SSSR count). The standard InChI is InChI=1S/C17H14N2O2.H2/c18-16-9-7-13-10-14(6-8-15(13)19-16)17(20)21-11-12-4-2-1-3-5-12;/h1-10H,11H2,(H2,18,19);1H. The molecule has 3 aromatic rings. The van der Waals surface area contributed by atoms with Crippen LogP contribution >= 0.6 is 0 Å². The van der Waals surface area contributed by atoms with Crippen molar-refractivity contribution in [1.29, 1.82) is 0 Å². The van der Waals surface area contributed by atoms with E-state index in [0.29, 0.717) is 11.4 Å². The maximum atomic E-state index is 12.1. The van der Waals surface area contributed by atoms with Gasteiger partial charge in [0, 0.05) is 6.81 Å². The number of pyridine rings is 1. The molecule has 2 N–H and O–H groups in total. The van der Waals surface area contributed by atoms with Crippen molar-refractivity contribution < 1.29 is 11.0 Å². The molecule has 21 heavy (non-hydrogen) atoms. The summed E-state index contributed by atoms with van der Waals surface area (Å²) in [5, 5.41) is 0.860. The van der Waals surface area contributed by atoms with Crippen molar-refractivity contribution in [1.82, 2.24) is 4.98 Å². The number of anilines is 1. The van der Waals surface area contributed by atoms with Crippen molar-refractivity contribution in [2.45, 2.75) is 6.61 Å². The molecular formula is C17H16N2O2. The third kappa shape index (κ3) is 3.00. The van der Waals surface area contributed by atoms with Crippen LogP contribution in [0.2, 0.25) is 0 Å². The summed E-state index contributed by atoms with van der Waals surface area (Å²) in [7, 11) is 0. The van der Waals surface area contributed by atoms with Crippen LogP contribution in [0.15, 0.2) is 60.7 Å². The Morgan fingerprint density at radius 1 is 1.10 bits per heavy atom. The first-order chi connectivity index (χ1) is 10.2. The third-order valence-corrected chi connectivity index (χ3v) is 3.16. The van der Waals surface area contributed by atoms with Crippen LogP contribution in [-0.4, -0.2) is 11.0 Å². The Morgan fingerprint density at radius 2 is 1.90 bits per heavy atom. The Labute approximate surface area is 123 Å². The Hall–Kier alpha value is -2.88. The van der Waals surface area contributed by atoms with E-state index >= 15 is 0 Å². The fourth-order valence-corrected chi connectivity index (χ4v) is 2.07. The average molecular weight is 280 g/mol. The lowest BCUT2D eigenvalue weighted by atomic mass is 10.1. The van der Waals surface area contributed by atoms with E-state index in [2.05, 4.69) is 4.98 Å². The number of carbonyl (C=O) groups is 1. The zero-order chi connectivity index (χ0) is 14.7. The monoisotopic (exact) mass is 280 g/mol. The Kier molecular flexibility index (Phi) is 3.51. The zero-order valence-electron chi connectivity index (χ0n) is 11.3. The van der Waals surface area contributed by atoms with E-state index in [1.165, 1.54) is 0 Å². The molecular weight excluding hydrogens is 264 g/mol. The normalized spacial score (nSPS) is 10.5. The number of ether oxygens (including phenoxy) is 1. The smallest absolute Gasteiger partial charge is 0.338 e. The molecule has 0 spiro atoms. The molecule has 0 bridgehead atoms. The molecule has 4 heteroatoms. The minimum absolute atomic E-state index is 0. The zero-order valence-corrected chi connectivity index (χ0v) is 11.3. The van der Waals surface area contributed by atoms with Gasteiger partial charge < -0.3 is 10.5 Å². The Balaban J connectivity index is 0.00000176. The van der Waals surface area contributed by atoms with Crippen molar-refractivity contribution in [2.24, 2.45) is 0 Å². The van der Waals surface area contributed by atoms with Gasteiger partial charge in [0.25, 0.3) is 0 Å². The van der Waals surface area contributed by atoms with Crippen LogP contribution in [0, 0.1) is 0 Å². The lowest BCUT2D eigenvalue weighted by Gasteiger charge is -2.06. The van der Waals surface area contributed by atoms with Crippen LogP contribution in [0.25, 0.3) is 10.9 Å². The van der Waals surface area contributed by atoms with E-state index in [9.17, 15) is 4.79 Å². The average Bonchev–Trinajstić information content (AvgIpc) is 2.53. The van der Waals surface area contributed by atoms with E-state index < -0.39 is 0 Å². The largest absolute Gasteiger partial charge is 0.457 e. The number of nitrogens with two attached hydrogens (primary N) is 1. The van der Waals surface area contributed by atoms with E-state index in [0.717, 1.165) is 16.5 Å². The molecule has 0 radical (unpaired) electrons. The summed E-state index contributed by atoms with van der Waals surface area (Å²) in [5.74, 6) is 0.111. The van der Waals surface area contributed by atoms with Gasteiger partial charge in [-0.2, -0.15) is 0 Å². The van der Waals surface area contributed by atoms with Gasteiger partial charge in [0.15, 0.2) is 0 Å². The number of fused-ring (bicyclic) bond motifs is 1. The number of benzene rings is 2. The second-order valence-corrected chi connectivity index (χ2v) is 4.71. The summed E-state index contributed by atoms with van der Waals surface area (Å²) in [4.78, 5) is 16.3.